The lowest BCUT2D eigenvalue weighted by Gasteiger charge is -2.46. The van der Waals surface area contributed by atoms with Crippen LogP contribution in [0, 0.1) is 0 Å². The van der Waals surface area contributed by atoms with Gasteiger partial charge < -0.3 is 91.7 Å². The summed E-state index contributed by atoms with van der Waals surface area (Å²) in [5, 5.41) is 111. The van der Waals surface area contributed by atoms with Crippen molar-refractivity contribution < 1.29 is 98.2 Å². The van der Waals surface area contributed by atoms with E-state index in [4.69, 9.17) is 18.9 Å². The van der Waals surface area contributed by atoms with Crippen LogP contribution in [0.2, 0.25) is 0 Å². The van der Waals surface area contributed by atoms with Gasteiger partial charge in [0, 0.05) is 86.6 Å². The minimum atomic E-state index is -2.49. The summed E-state index contributed by atoms with van der Waals surface area (Å²) in [5.41, 5.74) is 4.91. The van der Waals surface area contributed by atoms with Crippen molar-refractivity contribution in [1.82, 2.24) is 31.9 Å². The van der Waals surface area contributed by atoms with Gasteiger partial charge in [0.05, 0.1) is 49.7 Å². The molecule has 498 valence electrons. The van der Waals surface area contributed by atoms with Gasteiger partial charge >= 0.3 is 11.9 Å². The third-order valence-corrected chi connectivity index (χ3v) is 18.5. The zero-order valence-corrected chi connectivity index (χ0v) is 53.4. The lowest BCUT2D eigenvalue weighted by Crippen LogP contribution is -2.68. The number of hydrogen-bond acceptors (Lipinski definition) is 22. The number of nitrogens with one attached hydrogen (secondary N) is 6. The van der Waals surface area contributed by atoms with Crippen LogP contribution in [0.3, 0.4) is 0 Å². The second-order valence-electron chi connectivity index (χ2n) is 21.7. The summed E-state index contributed by atoms with van der Waals surface area (Å²) in [6, 6.07) is 20.6. The first kappa shape index (κ1) is 72.5. The van der Waals surface area contributed by atoms with E-state index in [0.29, 0.717) is 47.0 Å². The second kappa shape index (κ2) is 34.9. The predicted octanol–water partition coefficient (Wildman–Crippen LogP) is 2.06. The van der Waals surface area contributed by atoms with Crippen molar-refractivity contribution in [3.05, 3.63) is 129 Å². The van der Waals surface area contributed by atoms with E-state index in [1.165, 1.54) is 70.5 Å². The molecule has 2 aliphatic rings. The van der Waals surface area contributed by atoms with Gasteiger partial charge in [-0.3, -0.25) is 28.8 Å². The molecule has 14 N–H and O–H groups in total. The second-order valence-corrected chi connectivity index (χ2v) is 25.7. The van der Waals surface area contributed by atoms with Gasteiger partial charge in [-0.2, -0.15) is 46.2 Å². The molecule has 3 aromatic carbocycles. The van der Waals surface area contributed by atoms with Crippen molar-refractivity contribution in [2.75, 3.05) is 62.4 Å². The van der Waals surface area contributed by atoms with Crippen LogP contribution in [0.4, 0.5) is 0 Å². The van der Waals surface area contributed by atoms with Gasteiger partial charge in [0.1, 0.15) is 24.4 Å². The Labute approximate surface area is 546 Å². The monoisotopic (exact) mass is 1350 g/mol. The highest BCUT2D eigenvalue weighted by Crippen LogP contribution is 2.36. The zero-order chi connectivity index (χ0) is 66.5. The molecule has 2 aromatic heterocycles. The fourth-order valence-electron chi connectivity index (χ4n) is 10.1. The molecule has 7 rings (SSSR count). The van der Waals surface area contributed by atoms with Gasteiger partial charge in [0.25, 0.3) is 35.2 Å². The number of carboxylic acid groups (broad SMARTS) is 2. The lowest BCUT2D eigenvalue weighted by atomic mass is 9.88. The maximum absolute atomic E-state index is 12.9. The quantitative estimate of drug-likeness (QED) is 0.0262. The number of carbonyl (C=O) groups excluding carboxylic acids is 6. The first-order valence-corrected chi connectivity index (χ1v) is 33.6. The van der Waals surface area contributed by atoms with E-state index in [2.05, 4.69) is 31.9 Å². The lowest BCUT2D eigenvalue weighted by molar-refractivity contribution is -0.310. The number of ether oxygens (including phenoxy) is 4. The molecule has 2 fully saturated rings. The summed E-state index contributed by atoms with van der Waals surface area (Å²) in [5.74, 6) is -9.60. The molecule has 26 nitrogen and oxygen atoms in total. The minimum absolute atomic E-state index is 0.182. The van der Waals surface area contributed by atoms with Crippen molar-refractivity contribution >= 4 is 93.6 Å². The number of aliphatic hydroxyl groups excluding tert-OH is 6. The normalized spacial score (nSPS) is 22.6. The Morgan fingerprint density at radius 3 is 1.16 bits per heavy atom. The summed E-state index contributed by atoms with van der Waals surface area (Å²) >= 11 is 5.90. The van der Waals surface area contributed by atoms with Gasteiger partial charge in [-0.1, -0.05) is 24.3 Å². The Kier molecular flexibility index (Phi) is 27.5. The van der Waals surface area contributed by atoms with Crippen LogP contribution in [0.25, 0.3) is 22.3 Å². The van der Waals surface area contributed by atoms with E-state index in [-0.39, 0.29) is 37.4 Å². The van der Waals surface area contributed by atoms with Crippen LogP contribution < -0.4 is 31.9 Å². The van der Waals surface area contributed by atoms with E-state index >= 15 is 0 Å². The van der Waals surface area contributed by atoms with E-state index in [9.17, 15) is 79.2 Å². The SMILES string of the molecule is CC(=O)N[C@@H]1[C@@H](O)C[C@](OCCCSCCNC(=O)c2ccc(C(=O)NCCSCCCO[C@]3(C(=O)O)C[C@H](O)[C@@H](NC(C)=O)[C@H](C(O)[C@H](O)CNC(=O)c4ccc(-c5ccsc5)cc4)O3)cc2)(C(=O)O)O[C@H]1C(O)[C@H](O)CNC(=O)c1ccc(-c2ccsc2)cc1. The molecule has 6 amide bonds. The van der Waals surface area contributed by atoms with Crippen molar-refractivity contribution in [3.8, 4) is 22.3 Å². The van der Waals surface area contributed by atoms with Gasteiger partial charge in [-0.05, 0) is 129 Å². The first-order valence-electron chi connectivity index (χ1n) is 29.4. The Balaban J connectivity index is 0.771. The number of amides is 6. The number of carbonyl (C=O) groups is 8. The van der Waals surface area contributed by atoms with Crippen LogP contribution >= 0.6 is 46.2 Å². The molecule has 92 heavy (non-hydrogen) atoms. The van der Waals surface area contributed by atoms with E-state index in [0.717, 1.165) is 36.1 Å². The molecular formula is C62H76N6O20S4. The zero-order valence-electron chi connectivity index (χ0n) is 50.2. The van der Waals surface area contributed by atoms with Crippen LogP contribution in [-0.4, -0.2) is 223 Å². The molecule has 2 aliphatic heterocycles. The maximum Gasteiger partial charge on any atom is 0.364 e. The molecule has 0 aliphatic carbocycles. The predicted molar refractivity (Wildman–Crippen MR) is 342 cm³/mol. The smallest absolute Gasteiger partial charge is 0.364 e. The number of aliphatic carboxylic acids is 2. The third kappa shape index (κ3) is 20.1. The van der Waals surface area contributed by atoms with Crippen molar-refractivity contribution in [2.24, 2.45) is 0 Å². The van der Waals surface area contributed by atoms with Gasteiger partial charge in [-0.15, -0.1) is 0 Å². The summed E-state index contributed by atoms with van der Waals surface area (Å²) < 4.78 is 23.1. The summed E-state index contributed by atoms with van der Waals surface area (Å²) in [4.78, 5) is 101. The standard InChI is InChI=1S/C62H76N6O20S4/c1-35(69)67-49-45(71)29-61(59(81)82,87-53(49)51(75)47(73)31-65-57(79)41-9-5-37(6-10-41)43-17-25-91-33-43)85-21-3-23-89-27-19-63-55(77)39-13-15-40(16-14-39)56(78)64-20-28-90-24-4-22-86-62(60(83)84)30-46(72)50(68-36(2)70)54(88-62)52(76)48(74)32-66-58(80)42-11-7-38(8-12-42)44-18-26-92-34-44/h5-18,25-26,33-34,45-54,71-76H,3-4,19-24,27-32H2,1-2H3,(H,63,77)(H,64,78)(H,65,79)(H,66,80)(H,67,69)(H,68,70)(H,81,82)(H,83,84)/t45-,46-,47+,48+,49+,50+,51?,52?,53+,54+,61+,62+/m0/s1. The average Bonchev–Trinajstić information content (AvgIpc) is 1.07. The molecule has 4 heterocycles. The molecule has 0 saturated carbocycles. The van der Waals surface area contributed by atoms with E-state index < -0.39 is 146 Å². The average molecular weight is 1350 g/mol. The summed E-state index contributed by atoms with van der Waals surface area (Å²) in [7, 11) is 0. The van der Waals surface area contributed by atoms with Crippen LogP contribution in [-0.2, 0) is 38.1 Å². The van der Waals surface area contributed by atoms with Crippen molar-refractivity contribution in [1.29, 1.82) is 0 Å². The molecule has 0 bridgehead atoms. The largest absolute Gasteiger partial charge is 0.477 e. The number of thioether (sulfide) groups is 2. The molecule has 0 radical (unpaired) electrons. The van der Waals surface area contributed by atoms with Gasteiger partial charge in [-0.25, -0.2) is 9.59 Å². The van der Waals surface area contributed by atoms with Crippen LogP contribution in [0.1, 0.15) is 81.0 Å². The third-order valence-electron chi connectivity index (χ3n) is 15.0. The topological polar surface area (TPSA) is 408 Å². The Morgan fingerprint density at radius 1 is 0.511 bits per heavy atom. The molecule has 5 aromatic rings. The fraction of sp³-hybridized carbons (Fsp3) is 0.452. The molecular weight excluding hydrogens is 1280 g/mol. The number of benzene rings is 3. The molecule has 0 spiro atoms. The van der Waals surface area contributed by atoms with Crippen LogP contribution in [0.5, 0.6) is 0 Å². The van der Waals surface area contributed by atoms with E-state index in [1.807, 2.05) is 33.7 Å². The summed E-state index contributed by atoms with van der Waals surface area (Å²) in [6.07, 6.45) is -14.6. The fourth-order valence-corrected chi connectivity index (χ4v) is 13.0. The highest BCUT2D eigenvalue weighted by molar-refractivity contribution is 7.99. The van der Waals surface area contributed by atoms with Gasteiger partial charge in [0.2, 0.25) is 11.8 Å². The number of carboxylic acids is 2. The highest BCUT2D eigenvalue weighted by Gasteiger charge is 2.57. The number of aliphatic hydroxyl groups is 6. The van der Waals surface area contributed by atoms with Crippen molar-refractivity contribution in [2.45, 2.75) is 112 Å². The number of rotatable bonds is 34. The minimum Gasteiger partial charge on any atom is -0.477 e. The maximum atomic E-state index is 12.9. The molecule has 2 saturated heterocycles. The molecule has 12 atom stereocenters. The van der Waals surface area contributed by atoms with Crippen LogP contribution in [0.15, 0.2) is 106 Å². The van der Waals surface area contributed by atoms with Gasteiger partial charge in [0.15, 0.2) is 0 Å². The number of thiophene rings is 2. The Hall–Kier alpha value is -6.88. The molecule has 2 unspecified atom stereocenters. The van der Waals surface area contributed by atoms with E-state index in [1.54, 1.807) is 48.5 Å². The first-order chi connectivity index (χ1) is 44.0. The highest BCUT2D eigenvalue weighted by atomic mass is 32.2. The summed E-state index contributed by atoms with van der Waals surface area (Å²) in [6.45, 7) is 1.44. The Morgan fingerprint density at radius 2 is 0.848 bits per heavy atom. The number of hydrogen-bond donors (Lipinski definition) is 14. The Bertz CT molecular complexity index is 3030. The molecule has 30 heteroatoms. The van der Waals surface area contributed by atoms with Crippen molar-refractivity contribution in [3.63, 3.8) is 0 Å².